The van der Waals surface area contributed by atoms with Gasteiger partial charge in [-0.15, -0.1) is 0 Å². The predicted octanol–water partition coefficient (Wildman–Crippen LogP) is 21.6. The zero-order chi connectivity index (χ0) is 61.5. The molecule has 14 aromatic rings. The van der Waals surface area contributed by atoms with Crippen LogP contribution in [0.1, 0.15) is 52.7 Å². The lowest BCUT2D eigenvalue weighted by Crippen LogP contribution is -2.61. The molecule has 4 nitrogen and oxygen atoms in total. The molecule has 5 heteroatoms. The Morgan fingerprint density at radius 2 is 0.758 bits per heavy atom. The smallest absolute Gasteiger partial charge is 0.252 e. The Kier molecular flexibility index (Phi) is 13.4. The highest BCUT2D eigenvalue weighted by atomic mass is 15.2. The predicted molar refractivity (Wildman–Crippen MR) is 389 cm³/mol. The number of rotatable bonds is 10. The van der Waals surface area contributed by atoms with E-state index >= 15 is 0 Å². The van der Waals surface area contributed by atoms with Gasteiger partial charge in [0.25, 0.3) is 6.71 Å². The lowest BCUT2D eigenvalue weighted by Gasteiger charge is -2.46. The summed E-state index contributed by atoms with van der Waals surface area (Å²) in [6, 6.07) is 115. The van der Waals surface area contributed by atoms with Gasteiger partial charge >= 0.3 is 0 Å². The zero-order valence-electron chi connectivity index (χ0n) is 52.3. The van der Waals surface area contributed by atoms with Crippen molar-refractivity contribution in [1.82, 2.24) is 4.57 Å². The molecule has 0 fully saturated rings. The molecule has 0 bridgehead atoms. The van der Waals surface area contributed by atoms with E-state index in [0.29, 0.717) is 0 Å². The summed E-state index contributed by atoms with van der Waals surface area (Å²) in [5, 5.41) is 2.39. The molecule has 0 radical (unpaired) electrons. The van der Waals surface area contributed by atoms with Crippen LogP contribution >= 0.6 is 0 Å². The van der Waals surface area contributed by atoms with Crippen molar-refractivity contribution in [2.24, 2.45) is 0 Å². The van der Waals surface area contributed by atoms with Gasteiger partial charge in [-0.3, -0.25) is 0 Å². The average molecular weight is 1170 g/mol. The Morgan fingerprint density at radius 3 is 1.33 bits per heavy atom. The Bertz CT molecular complexity index is 4970. The normalized spacial score (nSPS) is 12.7. The first-order valence-electron chi connectivity index (χ1n) is 31.9. The zero-order valence-corrected chi connectivity index (χ0v) is 52.3. The minimum absolute atomic E-state index is 0.145. The van der Waals surface area contributed by atoms with Crippen LogP contribution in [0.5, 0.6) is 0 Å². The SMILES string of the molecule is CC(C)(C)c1cc(-c2ccccc2)c(N2c3cc(-c4ccccc4)ccc3B3c4ccc(-n5c6ccccc6c6cc(N(c7ccccc7)c7ccccc7)ccc65)cc4N(c4cccc(-c5ccccc5)c4)c4cc(C(C)(C)C)cc2c43)c(-c2ccccc2)c1. The van der Waals surface area contributed by atoms with Crippen molar-refractivity contribution in [1.29, 1.82) is 0 Å². The maximum Gasteiger partial charge on any atom is 0.252 e. The molecule has 0 spiro atoms. The average Bonchev–Trinajstić information content (AvgIpc) is 0.946. The van der Waals surface area contributed by atoms with E-state index < -0.39 is 0 Å². The van der Waals surface area contributed by atoms with Crippen LogP contribution in [0.25, 0.3) is 72.0 Å². The van der Waals surface area contributed by atoms with Crippen LogP contribution in [0.15, 0.2) is 309 Å². The monoisotopic (exact) mass is 1170 g/mol. The third-order valence-electron chi connectivity index (χ3n) is 18.8. The van der Waals surface area contributed by atoms with Gasteiger partial charge in [0.1, 0.15) is 0 Å². The first-order chi connectivity index (χ1) is 44.4. The topological polar surface area (TPSA) is 14.7 Å². The lowest BCUT2D eigenvalue weighted by molar-refractivity contribution is 0.590. The van der Waals surface area contributed by atoms with E-state index in [9.17, 15) is 0 Å². The molecule has 13 aromatic carbocycles. The van der Waals surface area contributed by atoms with Crippen LogP contribution in [-0.4, -0.2) is 11.3 Å². The molecule has 0 saturated heterocycles. The van der Waals surface area contributed by atoms with Gasteiger partial charge in [0, 0.05) is 73.1 Å². The summed E-state index contributed by atoms with van der Waals surface area (Å²) in [4.78, 5) is 7.66. The Labute approximate surface area is 535 Å². The van der Waals surface area contributed by atoms with E-state index in [4.69, 9.17) is 0 Å². The van der Waals surface area contributed by atoms with Gasteiger partial charge in [-0.2, -0.15) is 0 Å². The van der Waals surface area contributed by atoms with Crippen LogP contribution in [0, 0.1) is 0 Å². The summed E-state index contributed by atoms with van der Waals surface area (Å²) >= 11 is 0. The second-order valence-electron chi connectivity index (χ2n) is 26.5. The minimum atomic E-state index is -0.252. The molecule has 436 valence electrons. The van der Waals surface area contributed by atoms with Crippen molar-refractivity contribution in [3.63, 3.8) is 0 Å². The van der Waals surface area contributed by atoms with Crippen molar-refractivity contribution in [2.45, 2.75) is 52.4 Å². The Morgan fingerprint density at radius 1 is 0.297 bits per heavy atom. The highest BCUT2D eigenvalue weighted by Crippen LogP contribution is 2.53. The van der Waals surface area contributed by atoms with Gasteiger partial charge in [-0.1, -0.05) is 248 Å². The standard InChI is InChI=1S/C86H69BN4/c1-85(2,3)64-52-72(60-32-17-9-18-33-60)84(73(53-64)61-34-19-10-20-35-61)91-79-51-63(59-30-15-8-16-31-59)44-47-75(79)87-76-48-45-70(57-80(76)90(81-54-65(86(4,5)6)55-82(91)83(81)87)68-41-27-36-62(50-68)58-28-13-7-14-29-58)89-77-43-26-25-42-71(77)74-56-69(46-49-78(74)89)88(66-37-21-11-22-38-66)67-39-23-12-24-40-67/h7-57H,1-6H3. The number of anilines is 9. The van der Waals surface area contributed by atoms with Gasteiger partial charge in [0.2, 0.25) is 0 Å². The first kappa shape index (κ1) is 55.4. The molecule has 3 heterocycles. The second-order valence-corrected chi connectivity index (χ2v) is 26.5. The summed E-state index contributed by atoms with van der Waals surface area (Å²) in [7, 11) is 0. The molecule has 0 saturated carbocycles. The summed E-state index contributed by atoms with van der Waals surface area (Å²) in [5.74, 6) is 0. The number of nitrogens with zero attached hydrogens (tertiary/aromatic N) is 4. The van der Waals surface area contributed by atoms with Gasteiger partial charge in [0.05, 0.1) is 16.7 Å². The van der Waals surface area contributed by atoms with Gasteiger partial charge in [0.15, 0.2) is 0 Å². The quantitative estimate of drug-likeness (QED) is 0.127. The second kappa shape index (κ2) is 22.0. The van der Waals surface area contributed by atoms with Gasteiger partial charge < -0.3 is 19.3 Å². The van der Waals surface area contributed by atoms with Crippen LogP contribution in [0.2, 0.25) is 0 Å². The molecule has 16 rings (SSSR count). The third-order valence-corrected chi connectivity index (χ3v) is 18.8. The van der Waals surface area contributed by atoms with Crippen molar-refractivity contribution >= 4 is 96.1 Å². The third kappa shape index (κ3) is 9.63. The lowest BCUT2D eigenvalue weighted by atomic mass is 9.33. The van der Waals surface area contributed by atoms with E-state index in [2.05, 4.69) is 370 Å². The fourth-order valence-corrected chi connectivity index (χ4v) is 14.3. The number of fused-ring (bicyclic) bond motifs is 7. The first-order valence-corrected chi connectivity index (χ1v) is 31.9. The molecular weight excluding hydrogens is 1100 g/mol. The van der Waals surface area contributed by atoms with E-state index in [-0.39, 0.29) is 17.5 Å². The van der Waals surface area contributed by atoms with Crippen LogP contribution in [0.4, 0.5) is 51.2 Å². The van der Waals surface area contributed by atoms with E-state index in [0.717, 1.165) is 56.4 Å². The number of para-hydroxylation sites is 3. The summed E-state index contributed by atoms with van der Waals surface area (Å²) < 4.78 is 2.50. The largest absolute Gasteiger partial charge is 0.311 e. The van der Waals surface area contributed by atoms with Crippen LogP contribution in [-0.2, 0) is 10.8 Å². The highest BCUT2D eigenvalue weighted by molar-refractivity contribution is 7.00. The molecule has 0 aliphatic carbocycles. The fourth-order valence-electron chi connectivity index (χ4n) is 14.3. The van der Waals surface area contributed by atoms with E-state index in [1.807, 2.05) is 0 Å². The van der Waals surface area contributed by atoms with Crippen molar-refractivity contribution < 1.29 is 0 Å². The van der Waals surface area contributed by atoms with E-state index in [1.165, 1.54) is 94.3 Å². The Hall–Kier alpha value is -10.9. The summed E-state index contributed by atoms with van der Waals surface area (Å²) in [6.07, 6.45) is 0. The maximum absolute atomic E-state index is 2.68. The molecule has 2 aliphatic rings. The molecule has 0 atom stereocenters. The number of aromatic nitrogens is 1. The molecule has 1 aromatic heterocycles. The molecule has 2 aliphatic heterocycles. The van der Waals surface area contributed by atoms with Crippen LogP contribution in [0.3, 0.4) is 0 Å². The molecule has 0 unspecified atom stereocenters. The summed E-state index contributed by atoms with van der Waals surface area (Å²) in [6.45, 7) is 14.0. The van der Waals surface area contributed by atoms with Crippen molar-refractivity contribution in [3.8, 4) is 50.2 Å². The minimum Gasteiger partial charge on any atom is -0.311 e. The molecule has 91 heavy (non-hydrogen) atoms. The molecule has 0 amide bonds. The fraction of sp³-hybridized carbons (Fsp3) is 0.0930. The van der Waals surface area contributed by atoms with E-state index in [1.54, 1.807) is 0 Å². The number of hydrogen-bond donors (Lipinski definition) is 0. The van der Waals surface area contributed by atoms with Crippen LogP contribution < -0.4 is 31.1 Å². The van der Waals surface area contributed by atoms with Crippen molar-refractivity contribution in [2.75, 3.05) is 14.7 Å². The van der Waals surface area contributed by atoms with Gasteiger partial charge in [-0.05, 0) is 175 Å². The Balaban J connectivity index is 1.000. The maximum atomic E-state index is 2.68. The number of hydrogen-bond acceptors (Lipinski definition) is 3. The summed E-state index contributed by atoms with van der Waals surface area (Å²) in [5.41, 5.74) is 29.0. The van der Waals surface area contributed by atoms with Gasteiger partial charge in [-0.25, -0.2) is 0 Å². The molecular formula is C86H69BN4. The molecule has 0 N–H and O–H groups in total. The highest BCUT2D eigenvalue weighted by Gasteiger charge is 2.45. The van der Waals surface area contributed by atoms with Crippen molar-refractivity contribution in [3.05, 3.63) is 321 Å². The number of benzene rings is 13.